The third kappa shape index (κ3) is 25.2. The maximum Gasteiger partial charge on any atom is 0.135 e. The molecule has 0 fully saturated rings. The van der Waals surface area contributed by atoms with E-state index in [0.29, 0.717) is 12.3 Å². The Morgan fingerprint density at radius 2 is 1.19 bits per heavy atom. The normalized spacial score (nSPS) is 12.8. The molecule has 7 nitrogen and oxygen atoms in total. The summed E-state index contributed by atoms with van der Waals surface area (Å²) in [6.45, 7) is 14.5. The van der Waals surface area contributed by atoms with Gasteiger partial charge in [0, 0.05) is 12.4 Å². The first kappa shape index (κ1) is 27.2. The molecule has 2 unspecified atom stereocenters. The predicted molar refractivity (Wildman–Crippen MR) is 102 cm³/mol. The second-order valence-corrected chi connectivity index (χ2v) is 7.22. The molecule has 0 aromatic carbocycles. The molecule has 156 valence electrons. The number of likely N-dealkylation sites (N-methyl/N-ethyl adjacent to an activating group) is 2. The highest BCUT2D eigenvalue weighted by molar-refractivity contribution is 5.75. The molecule has 0 saturated heterocycles. The molecular weight excluding hydrogens is 332 g/mol. The molecule has 7 heteroatoms. The Kier molecular flexibility index (Phi) is 21.2. The van der Waals surface area contributed by atoms with Gasteiger partial charge in [-0.1, -0.05) is 13.8 Å². The van der Waals surface area contributed by atoms with Gasteiger partial charge in [-0.2, -0.15) is 0 Å². The van der Waals surface area contributed by atoms with Crippen LogP contribution in [0.4, 0.5) is 0 Å². The monoisotopic (exact) mass is 377 g/mol. The van der Waals surface area contributed by atoms with E-state index in [0.717, 1.165) is 39.1 Å². The zero-order valence-electron chi connectivity index (χ0n) is 17.9. The van der Waals surface area contributed by atoms with E-state index in [9.17, 15) is 14.7 Å². The summed E-state index contributed by atoms with van der Waals surface area (Å²) in [5.41, 5.74) is 0. The number of nitrogens with two attached hydrogens (primary N) is 2. The molecule has 0 aromatic rings. The van der Waals surface area contributed by atoms with Crippen molar-refractivity contribution in [2.45, 2.75) is 46.5 Å². The third-order valence-electron chi connectivity index (χ3n) is 4.20. The lowest BCUT2D eigenvalue weighted by Crippen LogP contribution is -3.12. The zero-order chi connectivity index (χ0) is 20.2. The standard InChI is InChI=1S/C10H22N2O.C9H20N2O2/c1-4-6-11-7-9-12(3)8-5-10(2)13;1-3-5-10-6-8-11(2)7-4-9(12)13/h11H,4-9H2,1-3H3;10H,3-8H2,1-2H3,(H,12,13)/p+3. The van der Waals surface area contributed by atoms with Crippen LogP contribution in [-0.4, -0.2) is 78.2 Å². The van der Waals surface area contributed by atoms with Gasteiger partial charge in [0.05, 0.1) is 46.7 Å². The van der Waals surface area contributed by atoms with Gasteiger partial charge in [0.15, 0.2) is 0 Å². The van der Waals surface area contributed by atoms with Gasteiger partial charge in [-0.25, -0.2) is 0 Å². The molecular formula is C19H45N4O3+3. The fraction of sp³-hybridized carbons (Fsp3) is 0.895. The summed E-state index contributed by atoms with van der Waals surface area (Å²) in [4.78, 5) is 23.6. The van der Waals surface area contributed by atoms with Crippen LogP contribution in [0.3, 0.4) is 0 Å². The van der Waals surface area contributed by atoms with Crippen LogP contribution < -0.4 is 25.5 Å². The fourth-order valence-corrected chi connectivity index (χ4v) is 2.35. The number of hydrogen-bond acceptors (Lipinski definition) is 3. The highest BCUT2D eigenvalue weighted by Gasteiger charge is 2.04. The van der Waals surface area contributed by atoms with Gasteiger partial charge in [-0.3, -0.25) is 4.79 Å². The molecule has 0 aliphatic rings. The molecule has 0 rings (SSSR count). The number of Topliss-reactive ketones (excluding diaryl/α,β-unsaturated/α-hetero) is 1. The van der Waals surface area contributed by atoms with Gasteiger partial charge < -0.3 is 30.3 Å². The van der Waals surface area contributed by atoms with Crippen molar-refractivity contribution in [3.05, 3.63) is 0 Å². The lowest BCUT2D eigenvalue weighted by molar-refractivity contribution is -0.893. The van der Waals surface area contributed by atoms with Crippen LogP contribution in [-0.2, 0) is 9.59 Å². The number of ketones is 1. The SMILES string of the molecule is CCC[NH2+]CC[NH+](C)CCC(=O)[O-].CCC[NH2+]CC[NH+](C)CCC(C)=O. The second-order valence-electron chi connectivity index (χ2n) is 7.22. The summed E-state index contributed by atoms with van der Waals surface area (Å²) in [6.07, 6.45) is 3.32. The van der Waals surface area contributed by atoms with Gasteiger partial charge in [-0.05, 0) is 19.8 Å². The maximum atomic E-state index is 10.7. The van der Waals surface area contributed by atoms with Gasteiger partial charge in [0.25, 0.3) is 0 Å². The number of carboxylic acids is 1. The summed E-state index contributed by atoms with van der Waals surface area (Å²) in [5.74, 6) is -0.645. The molecule has 0 aromatic heterocycles. The largest absolute Gasteiger partial charge is 0.550 e. The number of rotatable bonds is 16. The quantitative estimate of drug-likeness (QED) is 0.203. The first-order chi connectivity index (χ1) is 12.3. The average Bonchev–Trinajstić information content (AvgIpc) is 2.59. The van der Waals surface area contributed by atoms with Crippen LogP contribution in [0.15, 0.2) is 0 Å². The number of carboxylic acid groups (broad SMARTS) is 1. The number of nitrogens with one attached hydrogen (secondary N) is 2. The summed E-state index contributed by atoms with van der Waals surface area (Å²) in [5, 5.41) is 14.8. The lowest BCUT2D eigenvalue weighted by atomic mass is 10.3. The van der Waals surface area contributed by atoms with Gasteiger partial charge in [-0.15, -0.1) is 0 Å². The smallest absolute Gasteiger partial charge is 0.135 e. The Balaban J connectivity index is 0. The highest BCUT2D eigenvalue weighted by Crippen LogP contribution is 1.73. The first-order valence-electron chi connectivity index (χ1n) is 10.3. The zero-order valence-corrected chi connectivity index (χ0v) is 17.9. The minimum Gasteiger partial charge on any atom is -0.550 e. The number of carbonyl (C=O) groups is 2. The van der Waals surface area contributed by atoms with Crippen LogP contribution >= 0.6 is 0 Å². The van der Waals surface area contributed by atoms with E-state index < -0.39 is 5.97 Å². The molecule has 6 N–H and O–H groups in total. The molecule has 2 atom stereocenters. The topological polar surface area (TPSA) is 99.3 Å². The van der Waals surface area contributed by atoms with E-state index in [-0.39, 0.29) is 6.42 Å². The van der Waals surface area contributed by atoms with Gasteiger partial charge in [0.1, 0.15) is 32.0 Å². The van der Waals surface area contributed by atoms with Crippen molar-refractivity contribution in [3.8, 4) is 0 Å². The average molecular weight is 378 g/mol. The van der Waals surface area contributed by atoms with Crippen LogP contribution in [0, 0.1) is 0 Å². The van der Waals surface area contributed by atoms with E-state index in [2.05, 4.69) is 31.5 Å². The Hall–Kier alpha value is -1.02. The lowest BCUT2D eigenvalue weighted by Gasteiger charge is -2.12. The van der Waals surface area contributed by atoms with Crippen molar-refractivity contribution in [1.82, 2.24) is 0 Å². The van der Waals surface area contributed by atoms with Crippen LogP contribution in [0.25, 0.3) is 0 Å². The van der Waals surface area contributed by atoms with Crippen molar-refractivity contribution in [1.29, 1.82) is 0 Å². The van der Waals surface area contributed by atoms with Crippen molar-refractivity contribution in [3.63, 3.8) is 0 Å². The van der Waals surface area contributed by atoms with Gasteiger partial charge in [0.2, 0.25) is 0 Å². The Labute approximate surface area is 160 Å². The Bertz CT molecular complexity index is 309. The van der Waals surface area contributed by atoms with E-state index in [1.165, 1.54) is 35.7 Å². The Morgan fingerprint density at radius 1 is 0.769 bits per heavy atom. The predicted octanol–water partition coefficient (Wildman–Crippen LogP) is -4.93. The molecule has 0 radical (unpaired) electrons. The Morgan fingerprint density at radius 3 is 1.54 bits per heavy atom. The van der Waals surface area contributed by atoms with Crippen LogP contribution in [0.2, 0.25) is 0 Å². The molecule has 26 heavy (non-hydrogen) atoms. The fourth-order valence-electron chi connectivity index (χ4n) is 2.35. The van der Waals surface area contributed by atoms with Crippen molar-refractivity contribution < 1.29 is 35.1 Å². The molecule has 0 spiro atoms. The molecule has 0 amide bonds. The number of quaternary nitrogens is 4. The molecule has 0 saturated carbocycles. The van der Waals surface area contributed by atoms with Crippen molar-refractivity contribution in [2.75, 3.05) is 66.5 Å². The first-order valence-corrected chi connectivity index (χ1v) is 10.3. The van der Waals surface area contributed by atoms with E-state index in [1.807, 2.05) is 7.05 Å². The summed E-state index contributed by atoms with van der Waals surface area (Å²) in [7, 11) is 4.17. The summed E-state index contributed by atoms with van der Waals surface area (Å²) < 4.78 is 0. The van der Waals surface area contributed by atoms with E-state index >= 15 is 0 Å². The summed E-state index contributed by atoms with van der Waals surface area (Å²) >= 11 is 0. The molecule has 0 heterocycles. The second kappa shape index (κ2) is 20.3. The highest BCUT2D eigenvalue weighted by atomic mass is 16.4. The van der Waals surface area contributed by atoms with E-state index in [1.54, 1.807) is 6.92 Å². The number of aliphatic carboxylic acids is 1. The van der Waals surface area contributed by atoms with E-state index in [4.69, 9.17) is 0 Å². The molecule has 0 aliphatic heterocycles. The maximum absolute atomic E-state index is 10.7. The van der Waals surface area contributed by atoms with Gasteiger partial charge >= 0.3 is 0 Å². The minimum absolute atomic E-state index is 0.166. The molecule has 0 bridgehead atoms. The third-order valence-corrected chi connectivity index (χ3v) is 4.20. The summed E-state index contributed by atoms with van der Waals surface area (Å²) in [6, 6.07) is 0. The van der Waals surface area contributed by atoms with Crippen LogP contribution in [0.1, 0.15) is 46.5 Å². The minimum atomic E-state index is -0.947. The molecule has 0 aliphatic carbocycles. The number of hydrogen-bond donors (Lipinski definition) is 4. The van der Waals surface area contributed by atoms with Crippen molar-refractivity contribution in [2.24, 2.45) is 0 Å². The number of carbonyl (C=O) groups excluding carboxylic acids is 2. The van der Waals surface area contributed by atoms with Crippen LogP contribution in [0.5, 0.6) is 0 Å². The van der Waals surface area contributed by atoms with Crippen molar-refractivity contribution >= 4 is 11.8 Å².